The first-order chi connectivity index (χ1) is 7.42. The lowest BCUT2D eigenvalue weighted by Gasteiger charge is -2.43. The molecule has 0 nitrogen and oxygen atoms in total. The van der Waals surface area contributed by atoms with Crippen LogP contribution in [-0.4, -0.2) is 0 Å². The molecule has 3 rings (SSSR count). The summed E-state index contributed by atoms with van der Waals surface area (Å²) < 4.78 is 0. The molecule has 0 saturated heterocycles. The van der Waals surface area contributed by atoms with Gasteiger partial charge in [-0.25, -0.2) is 0 Å². The predicted molar refractivity (Wildman–Crippen MR) is 62.8 cm³/mol. The summed E-state index contributed by atoms with van der Waals surface area (Å²) in [4.78, 5) is 0. The third-order valence-electron chi connectivity index (χ3n) is 4.68. The molecule has 2 aliphatic carbocycles. The van der Waals surface area contributed by atoms with E-state index in [1.54, 1.807) is 5.56 Å². The van der Waals surface area contributed by atoms with Crippen molar-refractivity contribution in [1.29, 1.82) is 0 Å². The van der Waals surface area contributed by atoms with Gasteiger partial charge in [-0.05, 0) is 48.6 Å². The zero-order valence-electron chi connectivity index (χ0n) is 9.34. The van der Waals surface area contributed by atoms with Gasteiger partial charge in [-0.2, -0.15) is 0 Å². The van der Waals surface area contributed by atoms with Gasteiger partial charge in [0.1, 0.15) is 0 Å². The summed E-state index contributed by atoms with van der Waals surface area (Å²) in [5, 5.41) is 0. The Balaban J connectivity index is 1.96. The summed E-state index contributed by atoms with van der Waals surface area (Å²) in [6, 6.07) is 11.9. The van der Waals surface area contributed by atoms with Crippen LogP contribution in [0.1, 0.15) is 50.5 Å². The lowest BCUT2D eigenvalue weighted by molar-refractivity contribution is 0.165. The second-order valence-corrected chi connectivity index (χ2v) is 5.28. The maximum absolute atomic E-state index is 3.15. The zero-order chi connectivity index (χ0) is 10.1. The molecule has 1 radical (unpaired) electrons. The molecule has 0 spiro atoms. The van der Waals surface area contributed by atoms with Gasteiger partial charge in [-0.1, -0.05) is 43.5 Å². The maximum atomic E-state index is 3.15. The summed E-state index contributed by atoms with van der Waals surface area (Å²) in [5.41, 5.74) is 2.16. The Morgan fingerprint density at radius 1 is 1.00 bits per heavy atom. The molecule has 0 amide bonds. The molecule has 2 fully saturated rings. The minimum absolute atomic E-state index is 0.563. The largest absolute Gasteiger partial charge is 0.0579 e. The third kappa shape index (κ3) is 1.42. The summed E-state index contributed by atoms with van der Waals surface area (Å²) in [6.45, 7) is 0. The number of benzene rings is 1. The van der Waals surface area contributed by atoms with Crippen LogP contribution in [0.25, 0.3) is 0 Å². The van der Waals surface area contributed by atoms with Gasteiger partial charge in [0.25, 0.3) is 0 Å². The van der Waals surface area contributed by atoms with E-state index in [1.807, 2.05) is 0 Å². The van der Waals surface area contributed by atoms with E-state index in [9.17, 15) is 0 Å². The third-order valence-corrected chi connectivity index (χ3v) is 4.68. The SMILES string of the molecule is [c]1ccc(C2(C3CCC3)CCCC2)cc1. The van der Waals surface area contributed by atoms with Crippen molar-refractivity contribution in [2.24, 2.45) is 5.92 Å². The molecule has 2 aliphatic rings. The van der Waals surface area contributed by atoms with Gasteiger partial charge in [0.05, 0.1) is 0 Å². The maximum Gasteiger partial charge on any atom is -0.00187 e. The fourth-order valence-electron chi connectivity index (χ4n) is 3.62. The van der Waals surface area contributed by atoms with Crippen LogP contribution in [0.15, 0.2) is 24.3 Å². The molecule has 1 aromatic rings. The highest BCUT2D eigenvalue weighted by atomic mass is 14.5. The molecule has 2 saturated carbocycles. The topological polar surface area (TPSA) is 0 Å². The molecule has 0 heteroatoms. The normalized spacial score (nSPS) is 25.1. The second kappa shape index (κ2) is 3.66. The van der Waals surface area contributed by atoms with E-state index in [-0.39, 0.29) is 0 Å². The summed E-state index contributed by atoms with van der Waals surface area (Å²) >= 11 is 0. The van der Waals surface area contributed by atoms with Gasteiger partial charge in [0, 0.05) is 0 Å². The van der Waals surface area contributed by atoms with Crippen molar-refractivity contribution in [3.8, 4) is 0 Å². The van der Waals surface area contributed by atoms with E-state index in [4.69, 9.17) is 0 Å². The van der Waals surface area contributed by atoms with E-state index in [0.717, 1.165) is 5.92 Å². The van der Waals surface area contributed by atoms with Crippen molar-refractivity contribution in [2.45, 2.75) is 50.4 Å². The van der Waals surface area contributed by atoms with Gasteiger partial charge < -0.3 is 0 Å². The van der Waals surface area contributed by atoms with E-state index in [1.165, 1.54) is 44.9 Å². The average Bonchev–Trinajstić information content (AvgIpc) is 2.67. The smallest absolute Gasteiger partial charge is 0.00187 e. The lowest BCUT2D eigenvalue weighted by Crippen LogP contribution is -2.36. The van der Waals surface area contributed by atoms with Crippen LogP contribution in [0.2, 0.25) is 0 Å². The first-order valence-electron chi connectivity index (χ1n) is 6.38. The fourth-order valence-corrected chi connectivity index (χ4v) is 3.62. The van der Waals surface area contributed by atoms with Crippen LogP contribution >= 0.6 is 0 Å². The van der Waals surface area contributed by atoms with Crippen molar-refractivity contribution < 1.29 is 0 Å². The van der Waals surface area contributed by atoms with Gasteiger partial charge in [0.15, 0.2) is 0 Å². The number of rotatable bonds is 2. The Kier molecular flexibility index (Phi) is 2.31. The molecule has 0 heterocycles. The Morgan fingerprint density at radius 2 is 1.67 bits per heavy atom. The molecule has 0 N–H and O–H groups in total. The van der Waals surface area contributed by atoms with Crippen molar-refractivity contribution in [3.05, 3.63) is 35.9 Å². The van der Waals surface area contributed by atoms with Gasteiger partial charge in [-0.3, -0.25) is 0 Å². The van der Waals surface area contributed by atoms with E-state index in [0.29, 0.717) is 5.41 Å². The summed E-state index contributed by atoms with van der Waals surface area (Å²) in [5.74, 6) is 0.988. The van der Waals surface area contributed by atoms with Gasteiger partial charge >= 0.3 is 0 Å². The minimum atomic E-state index is 0.563. The minimum Gasteiger partial charge on any atom is -0.0579 e. The molecule has 0 atom stereocenters. The number of hydrogen-bond donors (Lipinski definition) is 0. The quantitative estimate of drug-likeness (QED) is 0.672. The van der Waals surface area contributed by atoms with E-state index >= 15 is 0 Å². The highest BCUT2D eigenvalue weighted by molar-refractivity contribution is 5.28. The van der Waals surface area contributed by atoms with Crippen LogP contribution in [-0.2, 0) is 5.41 Å². The highest BCUT2D eigenvalue weighted by Gasteiger charge is 2.44. The Labute approximate surface area is 92.7 Å². The number of hydrogen-bond acceptors (Lipinski definition) is 0. The molecule has 0 aromatic heterocycles. The monoisotopic (exact) mass is 199 g/mol. The van der Waals surface area contributed by atoms with Crippen molar-refractivity contribution in [2.75, 3.05) is 0 Å². The molecular weight excluding hydrogens is 180 g/mol. The van der Waals surface area contributed by atoms with Crippen LogP contribution in [0, 0.1) is 12.0 Å². The fraction of sp³-hybridized carbons (Fsp3) is 0.600. The second-order valence-electron chi connectivity index (χ2n) is 5.28. The van der Waals surface area contributed by atoms with Gasteiger partial charge in [-0.15, -0.1) is 0 Å². The van der Waals surface area contributed by atoms with Crippen LogP contribution in [0.4, 0.5) is 0 Å². The van der Waals surface area contributed by atoms with Crippen molar-refractivity contribution in [3.63, 3.8) is 0 Å². The first-order valence-corrected chi connectivity index (χ1v) is 6.38. The Bertz CT molecular complexity index is 315. The average molecular weight is 199 g/mol. The van der Waals surface area contributed by atoms with Gasteiger partial charge in [0.2, 0.25) is 0 Å². The molecule has 0 bridgehead atoms. The molecule has 79 valence electrons. The molecule has 15 heavy (non-hydrogen) atoms. The van der Waals surface area contributed by atoms with Crippen LogP contribution < -0.4 is 0 Å². The predicted octanol–water partition coefficient (Wildman–Crippen LogP) is 4.10. The van der Waals surface area contributed by atoms with E-state index in [2.05, 4.69) is 30.3 Å². The van der Waals surface area contributed by atoms with E-state index < -0.39 is 0 Å². The molecule has 0 unspecified atom stereocenters. The standard InChI is InChI=1S/C15H19/c1-2-7-13(8-3-1)15(11-4-5-12-15)14-9-6-10-14/h2-3,7-8,14H,4-6,9-12H2. The van der Waals surface area contributed by atoms with Crippen LogP contribution in [0.5, 0.6) is 0 Å². The highest BCUT2D eigenvalue weighted by Crippen LogP contribution is 2.53. The molecule has 0 aliphatic heterocycles. The zero-order valence-corrected chi connectivity index (χ0v) is 9.34. The van der Waals surface area contributed by atoms with Crippen LogP contribution in [0.3, 0.4) is 0 Å². The first kappa shape index (κ1) is 9.45. The Morgan fingerprint density at radius 3 is 2.20 bits per heavy atom. The summed E-state index contributed by atoms with van der Waals surface area (Å²) in [6.07, 6.45) is 10.1. The molecular formula is C15H19. The lowest BCUT2D eigenvalue weighted by atomic mass is 9.61. The summed E-state index contributed by atoms with van der Waals surface area (Å²) in [7, 11) is 0. The van der Waals surface area contributed by atoms with Crippen molar-refractivity contribution in [1.82, 2.24) is 0 Å². The van der Waals surface area contributed by atoms with Crippen molar-refractivity contribution >= 4 is 0 Å². The Hall–Kier alpha value is -0.780. The molecule has 1 aromatic carbocycles.